The summed E-state index contributed by atoms with van der Waals surface area (Å²) in [4.78, 5) is 29.7. The molecule has 11 nitrogen and oxygen atoms in total. The molecule has 3 heterocycles. The maximum atomic E-state index is 13.0. The van der Waals surface area contributed by atoms with Gasteiger partial charge in [-0.05, 0) is 18.2 Å². The van der Waals surface area contributed by atoms with Gasteiger partial charge in [0.25, 0.3) is 5.91 Å². The number of hydrogen-bond acceptors (Lipinski definition) is 9. The van der Waals surface area contributed by atoms with E-state index >= 15 is 0 Å². The highest BCUT2D eigenvalue weighted by Gasteiger charge is 2.38. The molecule has 14 heteroatoms. The first kappa shape index (κ1) is 15.6. The van der Waals surface area contributed by atoms with Gasteiger partial charge >= 0.3 is 12.1 Å². The number of aromatic nitrogens is 2. The lowest BCUT2D eigenvalue weighted by Gasteiger charge is -2.34. The number of anilines is 2. The van der Waals surface area contributed by atoms with Crippen LogP contribution in [0.15, 0.2) is 34.9 Å². The number of benzene rings is 1. The third-order valence-electron chi connectivity index (χ3n) is 3.94. The zero-order valence-corrected chi connectivity index (χ0v) is 16.9. The van der Waals surface area contributed by atoms with Crippen LogP contribution in [-0.4, -0.2) is 76.2 Å². The molecule has 0 spiro atoms. The largest absolute Gasteiger partial charge is 0.504 e. The van der Waals surface area contributed by atoms with Crippen molar-refractivity contribution in [3.63, 3.8) is 0 Å². The third-order valence-corrected chi connectivity index (χ3v) is 3.94. The number of nitrogens with zero attached hydrogens (tertiary/aromatic N) is 4. The van der Waals surface area contributed by atoms with E-state index in [1.807, 2.05) is 0 Å². The van der Waals surface area contributed by atoms with E-state index in [1.54, 1.807) is 0 Å². The summed E-state index contributed by atoms with van der Waals surface area (Å²) in [7, 11) is 1.27. The topological polar surface area (TPSA) is 155 Å². The molecule has 0 radical (unpaired) electrons. The summed E-state index contributed by atoms with van der Waals surface area (Å²) in [5, 5.41) is 17.2. The molecule has 1 aromatic carbocycles. The lowest BCUT2D eigenvalue weighted by atomic mass is 10.2. The number of methoxy groups -OCH3 is 1. The first-order valence-electron chi connectivity index (χ1n) is 12.9. The number of piperazine rings is 1. The zero-order valence-electron chi connectivity index (χ0n) is 24.9. The number of carboxylic acid groups (broad SMARTS) is 1. The number of phenolic OH excluding ortho intramolecular Hbond substituents is 1. The highest BCUT2D eigenvalue weighted by atomic mass is 19.4. The highest BCUT2D eigenvalue weighted by Crippen LogP contribution is 2.33. The zero-order chi connectivity index (χ0) is 32.2. The molecule has 1 aliphatic heterocycles. The molecule has 0 saturated carbocycles. The quantitative estimate of drug-likeness (QED) is 0.496. The van der Waals surface area contributed by atoms with Crippen LogP contribution in [0.5, 0.6) is 11.5 Å². The molecule has 1 fully saturated rings. The number of amides is 1. The van der Waals surface area contributed by atoms with E-state index in [0.717, 1.165) is 12.3 Å². The molecular weight excluding hydrogens is 463 g/mol. The van der Waals surface area contributed by atoms with Crippen LogP contribution in [0.2, 0.25) is 0 Å². The standard InChI is InChI=1S/C18H19N5O4.C2HF3O2/c1-26-15-10-12-11(9-13(15)24)16(19)21-18(20-12)23-6-4-22(5-7-23)17(25)14-3-2-8-27-14;3-2(4,5)1(6)7/h2-3,8-10,24H,4-7H2,1H3,(H2,19,20,21);(H,6,7)/i4D2,5D2,6D2,7D2;. The number of alkyl halides is 3. The number of aromatic hydroxyl groups is 1. The van der Waals surface area contributed by atoms with Gasteiger partial charge in [-0.2, -0.15) is 18.2 Å². The van der Waals surface area contributed by atoms with Gasteiger partial charge in [-0.25, -0.2) is 9.78 Å². The average molecular weight is 491 g/mol. The minimum Gasteiger partial charge on any atom is -0.504 e. The van der Waals surface area contributed by atoms with Crippen LogP contribution in [0.1, 0.15) is 21.5 Å². The van der Waals surface area contributed by atoms with E-state index in [4.69, 9.17) is 35.8 Å². The van der Waals surface area contributed by atoms with Gasteiger partial charge in [-0.1, -0.05) is 0 Å². The summed E-state index contributed by atoms with van der Waals surface area (Å²) < 4.78 is 109. The number of halogens is 3. The fraction of sp³-hybridized carbons (Fsp3) is 0.300. The van der Waals surface area contributed by atoms with Gasteiger partial charge in [0.2, 0.25) is 5.95 Å². The minimum absolute atomic E-state index is 0.0241. The van der Waals surface area contributed by atoms with E-state index in [2.05, 4.69) is 9.97 Å². The van der Waals surface area contributed by atoms with E-state index in [9.17, 15) is 23.1 Å². The van der Waals surface area contributed by atoms with Crippen LogP contribution < -0.4 is 15.4 Å². The number of fused-ring (bicyclic) bond motifs is 1. The maximum Gasteiger partial charge on any atom is 0.490 e. The summed E-state index contributed by atoms with van der Waals surface area (Å²) in [6.45, 7) is -13.8. The number of carbonyl (C=O) groups excluding carboxylic acids is 1. The molecule has 0 aliphatic carbocycles. The van der Waals surface area contributed by atoms with Crippen molar-refractivity contribution in [2.45, 2.75) is 6.18 Å². The lowest BCUT2D eigenvalue weighted by Crippen LogP contribution is -2.49. The molecule has 4 N–H and O–H groups in total. The summed E-state index contributed by atoms with van der Waals surface area (Å²) in [5.74, 6) is -6.14. The number of nitrogen functional groups attached to an aromatic ring is 1. The van der Waals surface area contributed by atoms with Crippen LogP contribution in [-0.2, 0) is 4.79 Å². The number of ether oxygens (including phenoxy) is 1. The van der Waals surface area contributed by atoms with Crippen molar-refractivity contribution in [3.05, 3.63) is 36.3 Å². The predicted molar refractivity (Wildman–Crippen MR) is 113 cm³/mol. The Labute approximate surface area is 201 Å². The molecule has 1 amide bonds. The van der Waals surface area contributed by atoms with Crippen LogP contribution in [0.3, 0.4) is 0 Å². The number of aliphatic carboxylic acids is 1. The Bertz CT molecular complexity index is 1500. The molecule has 2 aromatic heterocycles. The number of carboxylic acids is 1. The van der Waals surface area contributed by atoms with Gasteiger partial charge in [0, 0.05) is 37.4 Å². The predicted octanol–water partition coefficient (Wildman–Crippen LogP) is 2.11. The molecule has 0 bridgehead atoms. The van der Waals surface area contributed by atoms with Crippen molar-refractivity contribution >= 4 is 34.5 Å². The van der Waals surface area contributed by atoms with Gasteiger partial charge in [0.15, 0.2) is 17.3 Å². The summed E-state index contributed by atoms with van der Waals surface area (Å²) in [6, 6.07) is 4.80. The fourth-order valence-electron chi connectivity index (χ4n) is 2.39. The van der Waals surface area contributed by atoms with Gasteiger partial charge < -0.3 is 34.9 Å². The molecular formula is C20H20F3N5O6. The van der Waals surface area contributed by atoms with Crippen molar-refractivity contribution in [1.82, 2.24) is 14.9 Å². The normalized spacial score (nSPS) is 23.3. The van der Waals surface area contributed by atoms with E-state index < -0.39 is 55.7 Å². The highest BCUT2D eigenvalue weighted by molar-refractivity contribution is 5.92. The third kappa shape index (κ3) is 5.39. The second kappa shape index (κ2) is 9.72. The first-order valence-corrected chi connectivity index (χ1v) is 8.86. The Hall–Kier alpha value is -4.23. The fourth-order valence-corrected chi connectivity index (χ4v) is 2.39. The summed E-state index contributed by atoms with van der Waals surface area (Å²) in [5.41, 5.74) is 5.91. The average Bonchev–Trinajstić information content (AvgIpc) is 3.38. The van der Waals surface area contributed by atoms with Crippen molar-refractivity contribution in [3.8, 4) is 11.5 Å². The number of furan rings is 1. The molecule has 3 aromatic rings. The van der Waals surface area contributed by atoms with Gasteiger partial charge in [0.05, 0.1) is 29.9 Å². The Kier molecular flexibility index (Phi) is 4.46. The van der Waals surface area contributed by atoms with Crippen molar-refractivity contribution in [1.29, 1.82) is 0 Å². The first-order chi connectivity index (χ1) is 19.0. The number of carbonyl (C=O) groups is 2. The minimum atomic E-state index is -5.08. The second-order valence-corrected chi connectivity index (χ2v) is 6.15. The van der Waals surface area contributed by atoms with E-state index in [1.165, 1.54) is 25.3 Å². The molecule has 0 unspecified atom stereocenters. The molecule has 1 aliphatic rings. The van der Waals surface area contributed by atoms with Gasteiger partial charge in [-0.15, -0.1) is 0 Å². The Morgan fingerprint density at radius 1 is 1.24 bits per heavy atom. The van der Waals surface area contributed by atoms with Crippen LogP contribution >= 0.6 is 0 Å². The smallest absolute Gasteiger partial charge is 0.490 e. The maximum absolute atomic E-state index is 13.0. The van der Waals surface area contributed by atoms with E-state index in [0.29, 0.717) is 0 Å². The van der Waals surface area contributed by atoms with Crippen molar-refractivity contribution in [2.75, 3.05) is 43.7 Å². The number of nitrogens with two attached hydrogens (primary N) is 1. The van der Waals surface area contributed by atoms with Crippen molar-refractivity contribution in [2.24, 2.45) is 0 Å². The molecule has 1 saturated heterocycles. The Morgan fingerprint density at radius 2 is 1.88 bits per heavy atom. The molecule has 4 rings (SSSR count). The molecule has 34 heavy (non-hydrogen) atoms. The molecule has 182 valence electrons. The van der Waals surface area contributed by atoms with Crippen molar-refractivity contribution < 1.29 is 53.1 Å². The van der Waals surface area contributed by atoms with Crippen LogP contribution in [0.4, 0.5) is 24.9 Å². The van der Waals surface area contributed by atoms with Crippen LogP contribution in [0.25, 0.3) is 10.9 Å². The number of hydrogen-bond donors (Lipinski definition) is 3. The summed E-state index contributed by atoms with van der Waals surface area (Å²) in [6.07, 6.45) is -4.00. The Balaban J connectivity index is 0.000000616. The Morgan fingerprint density at radius 3 is 2.41 bits per heavy atom. The van der Waals surface area contributed by atoms with Gasteiger partial charge in [0.1, 0.15) is 5.82 Å². The monoisotopic (exact) mass is 491 g/mol. The summed E-state index contributed by atoms with van der Waals surface area (Å²) >= 11 is 0. The lowest BCUT2D eigenvalue weighted by molar-refractivity contribution is -0.192. The second-order valence-electron chi connectivity index (χ2n) is 6.15. The van der Waals surface area contributed by atoms with E-state index in [-0.39, 0.29) is 38.0 Å². The van der Waals surface area contributed by atoms with Crippen LogP contribution in [0, 0.1) is 0 Å². The number of rotatable bonds is 3. The number of phenols is 1. The molecule has 0 atom stereocenters. The SMILES string of the molecule is O=C(O)C(F)(F)F.[2H]C1([2H])N(C(=O)c2ccco2)C([2H])([2H])C([2H])([2H])N(c2nc(N)c3cc(O)c(OC)cc3n2)C1([2H])[2H]. The van der Waals surface area contributed by atoms with Gasteiger partial charge in [-0.3, -0.25) is 4.79 Å².